The van der Waals surface area contributed by atoms with E-state index < -0.39 is 0 Å². The number of rotatable bonds is 6. The number of benzene rings is 2. The summed E-state index contributed by atoms with van der Waals surface area (Å²) in [5, 5.41) is 5.94. The lowest BCUT2D eigenvalue weighted by Crippen LogP contribution is -2.35. The van der Waals surface area contributed by atoms with Crippen molar-refractivity contribution in [2.24, 2.45) is 0 Å². The van der Waals surface area contributed by atoms with Gasteiger partial charge in [0.25, 0.3) is 0 Å². The van der Waals surface area contributed by atoms with Gasteiger partial charge in [-0.1, -0.05) is 60.7 Å². The van der Waals surface area contributed by atoms with Crippen LogP contribution in [0.25, 0.3) is 0 Å². The SMILES string of the molecule is O=C(Cc1ccccc1)N[C@H]1C[C@H]1NC(=O)Cc1ccccc1. The van der Waals surface area contributed by atoms with Crippen molar-refractivity contribution in [2.75, 3.05) is 0 Å². The predicted octanol–water partition coefficient (Wildman–Crippen LogP) is 1.85. The molecule has 23 heavy (non-hydrogen) atoms. The molecule has 0 radical (unpaired) electrons. The number of hydrogen-bond donors (Lipinski definition) is 2. The first-order valence-electron chi connectivity index (χ1n) is 7.87. The predicted molar refractivity (Wildman–Crippen MR) is 88.8 cm³/mol. The molecule has 0 unspecified atom stereocenters. The summed E-state index contributed by atoms with van der Waals surface area (Å²) < 4.78 is 0. The largest absolute Gasteiger partial charge is 0.351 e. The monoisotopic (exact) mass is 308 g/mol. The van der Waals surface area contributed by atoms with Crippen LogP contribution in [0.4, 0.5) is 0 Å². The lowest BCUT2D eigenvalue weighted by molar-refractivity contribution is -0.122. The first-order valence-corrected chi connectivity index (χ1v) is 7.87. The highest BCUT2D eigenvalue weighted by atomic mass is 16.2. The number of hydrogen-bond acceptors (Lipinski definition) is 2. The molecule has 1 fully saturated rings. The van der Waals surface area contributed by atoms with Gasteiger partial charge in [0.1, 0.15) is 0 Å². The number of carbonyl (C=O) groups excluding carboxylic acids is 2. The minimum Gasteiger partial charge on any atom is -0.351 e. The van der Waals surface area contributed by atoms with E-state index in [1.807, 2.05) is 60.7 Å². The van der Waals surface area contributed by atoms with Gasteiger partial charge >= 0.3 is 0 Å². The summed E-state index contributed by atoms with van der Waals surface area (Å²) in [4.78, 5) is 23.9. The summed E-state index contributed by atoms with van der Waals surface area (Å²) in [5.74, 6) is 0.00187. The Morgan fingerprint density at radius 2 is 1.13 bits per heavy atom. The third kappa shape index (κ3) is 4.68. The molecule has 0 bridgehead atoms. The Balaban J connectivity index is 1.39. The van der Waals surface area contributed by atoms with Crippen LogP contribution in [0.2, 0.25) is 0 Å². The van der Waals surface area contributed by atoms with Crippen molar-refractivity contribution in [3.05, 3.63) is 71.8 Å². The standard InChI is InChI=1S/C19H20N2O2/c22-18(11-14-7-3-1-4-8-14)20-16-13-17(16)21-19(23)12-15-9-5-2-6-10-15/h1-10,16-17H,11-13H2,(H,20,22)(H,21,23)/t16-,17+. The minimum atomic E-state index is 0.000934. The molecule has 3 rings (SSSR count). The lowest BCUT2D eigenvalue weighted by Gasteiger charge is -2.07. The van der Waals surface area contributed by atoms with Gasteiger partial charge in [0, 0.05) is 0 Å². The summed E-state index contributed by atoms with van der Waals surface area (Å²) in [7, 11) is 0. The van der Waals surface area contributed by atoms with Crippen LogP contribution in [-0.2, 0) is 22.4 Å². The van der Waals surface area contributed by atoms with Crippen molar-refractivity contribution in [2.45, 2.75) is 31.3 Å². The fourth-order valence-electron chi connectivity index (χ4n) is 2.59. The van der Waals surface area contributed by atoms with Crippen molar-refractivity contribution >= 4 is 11.8 Å². The molecule has 1 saturated carbocycles. The number of amides is 2. The van der Waals surface area contributed by atoms with E-state index in [1.165, 1.54) is 0 Å². The van der Waals surface area contributed by atoms with Gasteiger partial charge in [-0.3, -0.25) is 9.59 Å². The minimum absolute atomic E-state index is 0.000934. The van der Waals surface area contributed by atoms with Gasteiger partial charge in [0.05, 0.1) is 24.9 Å². The molecular weight excluding hydrogens is 288 g/mol. The molecule has 1 aliphatic carbocycles. The first kappa shape index (κ1) is 15.3. The van der Waals surface area contributed by atoms with Crippen LogP contribution in [-0.4, -0.2) is 23.9 Å². The summed E-state index contributed by atoms with van der Waals surface area (Å²) >= 11 is 0. The van der Waals surface area contributed by atoms with Gasteiger partial charge in [0.2, 0.25) is 11.8 Å². The van der Waals surface area contributed by atoms with Crippen LogP contribution < -0.4 is 10.6 Å². The van der Waals surface area contributed by atoms with Gasteiger partial charge in [0.15, 0.2) is 0 Å². The summed E-state index contributed by atoms with van der Waals surface area (Å²) in [5.41, 5.74) is 1.99. The smallest absolute Gasteiger partial charge is 0.224 e. The van der Waals surface area contributed by atoms with E-state index in [4.69, 9.17) is 0 Å². The average Bonchev–Trinajstić information content (AvgIpc) is 3.26. The van der Waals surface area contributed by atoms with Crippen molar-refractivity contribution in [1.82, 2.24) is 10.6 Å². The maximum absolute atomic E-state index is 12.0. The van der Waals surface area contributed by atoms with Crippen molar-refractivity contribution < 1.29 is 9.59 Å². The Kier molecular flexibility index (Phi) is 4.71. The molecule has 0 heterocycles. The van der Waals surface area contributed by atoms with Gasteiger partial charge < -0.3 is 10.6 Å². The molecule has 4 nitrogen and oxygen atoms in total. The van der Waals surface area contributed by atoms with Crippen LogP contribution in [0.1, 0.15) is 17.5 Å². The lowest BCUT2D eigenvalue weighted by atomic mass is 10.1. The Morgan fingerprint density at radius 3 is 1.52 bits per heavy atom. The van der Waals surface area contributed by atoms with Crippen LogP contribution in [0.5, 0.6) is 0 Å². The second-order valence-corrected chi connectivity index (χ2v) is 5.91. The first-order chi connectivity index (χ1) is 11.2. The van der Waals surface area contributed by atoms with E-state index in [0.717, 1.165) is 17.5 Å². The van der Waals surface area contributed by atoms with Gasteiger partial charge in [-0.25, -0.2) is 0 Å². The molecule has 2 amide bonds. The fraction of sp³-hybridized carbons (Fsp3) is 0.263. The molecule has 2 aromatic rings. The number of nitrogens with one attached hydrogen (secondary N) is 2. The summed E-state index contributed by atoms with van der Waals surface area (Å²) in [6.45, 7) is 0. The third-order valence-electron chi connectivity index (χ3n) is 3.90. The summed E-state index contributed by atoms with van der Waals surface area (Å²) in [6, 6.07) is 19.4. The fourth-order valence-corrected chi connectivity index (χ4v) is 2.59. The Labute approximate surface area is 135 Å². The Morgan fingerprint density at radius 1 is 0.739 bits per heavy atom. The highest BCUT2D eigenvalue weighted by Gasteiger charge is 2.39. The van der Waals surface area contributed by atoms with E-state index in [2.05, 4.69) is 10.6 Å². The molecule has 2 atom stereocenters. The molecule has 0 aliphatic heterocycles. The second-order valence-electron chi connectivity index (χ2n) is 5.91. The zero-order valence-electron chi connectivity index (χ0n) is 12.9. The van der Waals surface area contributed by atoms with Crippen molar-refractivity contribution in [3.63, 3.8) is 0 Å². The highest BCUT2D eigenvalue weighted by molar-refractivity contribution is 5.81. The van der Waals surface area contributed by atoms with Gasteiger partial charge in [-0.2, -0.15) is 0 Å². The van der Waals surface area contributed by atoms with Crippen LogP contribution >= 0.6 is 0 Å². The summed E-state index contributed by atoms with van der Waals surface area (Å²) in [6.07, 6.45) is 1.56. The zero-order valence-corrected chi connectivity index (χ0v) is 12.9. The van der Waals surface area contributed by atoms with Crippen LogP contribution in [0, 0.1) is 0 Å². The molecule has 0 spiro atoms. The maximum atomic E-state index is 12.0. The maximum Gasteiger partial charge on any atom is 0.224 e. The molecule has 2 N–H and O–H groups in total. The molecule has 118 valence electrons. The molecule has 2 aromatic carbocycles. The molecule has 0 aromatic heterocycles. The molecule has 4 heteroatoms. The van der Waals surface area contributed by atoms with E-state index in [-0.39, 0.29) is 23.9 Å². The molecule has 1 aliphatic rings. The van der Waals surface area contributed by atoms with E-state index >= 15 is 0 Å². The highest BCUT2D eigenvalue weighted by Crippen LogP contribution is 2.21. The molecular formula is C19H20N2O2. The third-order valence-corrected chi connectivity index (χ3v) is 3.90. The Bertz CT molecular complexity index is 611. The second kappa shape index (κ2) is 7.09. The van der Waals surface area contributed by atoms with E-state index in [0.29, 0.717) is 12.8 Å². The van der Waals surface area contributed by atoms with E-state index in [1.54, 1.807) is 0 Å². The van der Waals surface area contributed by atoms with Crippen LogP contribution in [0.15, 0.2) is 60.7 Å². The topological polar surface area (TPSA) is 58.2 Å². The Hall–Kier alpha value is -2.62. The van der Waals surface area contributed by atoms with Crippen molar-refractivity contribution in [3.8, 4) is 0 Å². The van der Waals surface area contributed by atoms with Gasteiger partial charge in [-0.05, 0) is 17.5 Å². The normalized spacial score (nSPS) is 19.0. The van der Waals surface area contributed by atoms with Crippen LogP contribution in [0.3, 0.4) is 0 Å². The molecule has 0 saturated heterocycles. The number of carbonyl (C=O) groups is 2. The van der Waals surface area contributed by atoms with Gasteiger partial charge in [-0.15, -0.1) is 0 Å². The average molecular weight is 308 g/mol. The zero-order chi connectivity index (χ0) is 16.1. The quantitative estimate of drug-likeness (QED) is 0.855. The van der Waals surface area contributed by atoms with E-state index in [9.17, 15) is 9.59 Å². The van der Waals surface area contributed by atoms with Crippen molar-refractivity contribution in [1.29, 1.82) is 0 Å².